The van der Waals surface area contributed by atoms with Gasteiger partial charge in [-0.15, -0.1) is 0 Å². The van der Waals surface area contributed by atoms with Crippen LogP contribution < -0.4 is 9.64 Å². The molecule has 2 amide bonds. The number of carbonyl (C=O) groups is 3. The first-order chi connectivity index (χ1) is 18.8. The van der Waals surface area contributed by atoms with E-state index in [2.05, 4.69) is 6.08 Å². The molecule has 9 heteroatoms. The molecule has 2 fully saturated rings. The molecule has 1 aliphatic heterocycles. The number of esters is 1. The molecule has 0 spiro atoms. The number of imide groups is 1. The first-order valence-corrected chi connectivity index (χ1v) is 12.6. The van der Waals surface area contributed by atoms with E-state index < -0.39 is 10.9 Å². The van der Waals surface area contributed by atoms with Gasteiger partial charge >= 0.3 is 5.97 Å². The van der Waals surface area contributed by atoms with E-state index in [1.807, 2.05) is 6.92 Å². The molecule has 0 unspecified atom stereocenters. The zero-order chi connectivity index (χ0) is 27.3. The Morgan fingerprint density at radius 1 is 0.923 bits per heavy atom. The first kappa shape index (κ1) is 24.5. The lowest BCUT2D eigenvalue weighted by Gasteiger charge is -2.19. The van der Waals surface area contributed by atoms with Crippen molar-refractivity contribution in [2.45, 2.75) is 20.0 Å². The standard InChI is InChI=1S/C30H24N2O7/c1-17-14-20-15-25(17)27-26(20)28(33)31(29(27)34)21-6-4-19(5-7-21)30(35)38-16-18-2-10-23(11-3-18)39-24-12-8-22(9-13-24)32(36)37/h2-14,20,25-27H,15-16H2,1H3/t20-,25-,26-,27-/m1/s1. The predicted molar refractivity (Wildman–Crippen MR) is 140 cm³/mol. The molecule has 2 bridgehead atoms. The normalized spacial score (nSPS) is 23.0. The molecule has 9 nitrogen and oxygen atoms in total. The maximum absolute atomic E-state index is 13.1. The second-order valence-corrected chi connectivity index (χ2v) is 10.1. The third-order valence-corrected chi connectivity index (χ3v) is 7.82. The summed E-state index contributed by atoms with van der Waals surface area (Å²) in [6.07, 6.45) is 3.02. The topological polar surface area (TPSA) is 116 Å². The number of allylic oxidation sites excluding steroid dienone is 2. The van der Waals surface area contributed by atoms with E-state index in [9.17, 15) is 24.5 Å². The van der Waals surface area contributed by atoms with Gasteiger partial charge in [0.05, 0.1) is 28.0 Å². The average molecular weight is 525 g/mol. The van der Waals surface area contributed by atoms with E-state index in [4.69, 9.17) is 9.47 Å². The number of ether oxygens (including phenoxy) is 2. The highest BCUT2D eigenvalue weighted by Gasteiger charge is 2.60. The summed E-state index contributed by atoms with van der Waals surface area (Å²) >= 11 is 0. The van der Waals surface area contributed by atoms with Crippen molar-refractivity contribution in [3.8, 4) is 11.5 Å². The highest BCUT2D eigenvalue weighted by Crippen LogP contribution is 2.55. The highest BCUT2D eigenvalue weighted by atomic mass is 16.6. The predicted octanol–water partition coefficient (Wildman–Crippen LogP) is 5.45. The number of nitro benzene ring substituents is 1. The second kappa shape index (κ2) is 9.50. The number of nitrogens with zero attached hydrogens (tertiary/aromatic N) is 2. The smallest absolute Gasteiger partial charge is 0.338 e. The average Bonchev–Trinajstić information content (AvgIpc) is 3.58. The van der Waals surface area contributed by atoms with Crippen LogP contribution in [0.25, 0.3) is 0 Å². The number of carbonyl (C=O) groups excluding carboxylic acids is 3. The van der Waals surface area contributed by atoms with Crippen molar-refractivity contribution in [3.63, 3.8) is 0 Å². The van der Waals surface area contributed by atoms with Crippen LogP contribution in [-0.2, 0) is 20.9 Å². The Labute approximate surface area is 223 Å². The van der Waals surface area contributed by atoms with E-state index in [1.54, 1.807) is 48.5 Å². The number of fused-ring (bicyclic) bond motifs is 5. The fraction of sp³-hybridized carbons (Fsp3) is 0.233. The Morgan fingerprint density at radius 3 is 2.18 bits per heavy atom. The minimum Gasteiger partial charge on any atom is -0.457 e. The molecule has 0 radical (unpaired) electrons. The quantitative estimate of drug-likeness (QED) is 0.133. The summed E-state index contributed by atoms with van der Waals surface area (Å²) in [5, 5.41) is 10.8. The van der Waals surface area contributed by atoms with E-state index in [1.165, 1.54) is 34.7 Å². The molecule has 1 saturated heterocycles. The molecular formula is C30H24N2O7. The number of non-ortho nitro benzene ring substituents is 1. The molecule has 0 N–H and O–H groups in total. The van der Waals surface area contributed by atoms with Crippen LogP contribution in [0, 0.1) is 33.8 Å². The maximum atomic E-state index is 13.1. The fourth-order valence-electron chi connectivity index (χ4n) is 5.93. The zero-order valence-corrected chi connectivity index (χ0v) is 21.0. The van der Waals surface area contributed by atoms with E-state index in [-0.39, 0.29) is 47.8 Å². The van der Waals surface area contributed by atoms with Crippen molar-refractivity contribution >= 4 is 29.2 Å². The van der Waals surface area contributed by atoms with E-state index in [0.717, 1.165) is 12.0 Å². The summed E-state index contributed by atoms with van der Waals surface area (Å²) in [5.41, 5.74) is 2.71. The van der Waals surface area contributed by atoms with Gasteiger partial charge < -0.3 is 9.47 Å². The van der Waals surface area contributed by atoms with Crippen molar-refractivity contribution in [3.05, 3.63) is 106 Å². The van der Waals surface area contributed by atoms with Crippen LogP contribution in [0.3, 0.4) is 0 Å². The largest absolute Gasteiger partial charge is 0.457 e. The molecule has 6 rings (SSSR count). The number of hydrogen-bond acceptors (Lipinski definition) is 7. The van der Waals surface area contributed by atoms with Crippen LogP contribution in [0.2, 0.25) is 0 Å². The van der Waals surface area contributed by atoms with Crippen molar-refractivity contribution in [2.24, 2.45) is 23.7 Å². The van der Waals surface area contributed by atoms with Crippen molar-refractivity contribution < 1.29 is 28.8 Å². The van der Waals surface area contributed by atoms with Crippen LogP contribution in [0.4, 0.5) is 11.4 Å². The number of hydrogen-bond donors (Lipinski definition) is 0. The summed E-state index contributed by atoms with van der Waals surface area (Å²) in [5.74, 6) is -0.103. The molecule has 4 atom stereocenters. The minimum atomic E-state index is -0.526. The fourth-order valence-corrected chi connectivity index (χ4v) is 5.93. The SMILES string of the molecule is CC1=C[C@@H]2C[C@H]1[C@H]1C(=O)N(c3ccc(C(=O)OCc4ccc(Oc5ccc([N+](=O)[O-])cc5)cc4)cc3)C(=O)[C@@H]12. The minimum absolute atomic E-state index is 0.0196. The van der Waals surface area contributed by atoms with Gasteiger partial charge in [-0.25, -0.2) is 4.79 Å². The highest BCUT2D eigenvalue weighted by molar-refractivity contribution is 6.23. The number of amides is 2. The van der Waals surface area contributed by atoms with Gasteiger partial charge in [0.1, 0.15) is 18.1 Å². The Kier molecular flexibility index (Phi) is 5.98. The molecule has 2 aliphatic carbocycles. The Balaban J connectivity index is 1.05. The Hall–Kier alpha value is -4.79. The molecular weight excluding hydrogens is 500 g/mol. The van der Waals surface area contributed by atoms with Gasteiger partial charge in [-0.1, -0.05) is 23.8 Å². The van der Waals surface area contributed by atoms with Gasteiger partial charge in [-0.2, -0.15) is 0 Å². The third-order valence-electron chi connectivity index (χ3n) is 7.82. The van der Waals surface area contributed by atoms with Crippen LogP contribution >= 0.6 is 0 Å². The lowest BCUT2D eigenvalue weighted by molar-refractivity contribution is -0.384. The van der Waals surface area contributed by atoms with Crippen LogP contribution in [0.15, 0.2) is 84.4 Å². The summed E-state index contributed by atoms with van der Waals surface area (Å²) in [7, 11) is 0. The van der Waals surface area contributed by atoms with Crippen LogP contribution in [0.1, 0.15) is 29.3 Å². The van der Waals surface area contributed by atoms with Crippen LogP contribution in [-0.4, -0.2) is 22.7 Å². The summed E-state index contributed by atoms with van der Waals surface area (Å²) < 4.78 is 11.1. The molecule has 196 valence electrons. The monoisotopic (exact) mass is 524 g/mol. The zero-order valence-electron chi connectivity index (χ0n) is 21.0. The van der Waals surface area contributed by atoms with Crippen LogP contribution in [0.5, 0.6) is 11.5 Å². The van der Waals surface area contributed by atoms with Gasteiger partial charge in [0, 0.05) is 12.1 Å². The van der Waals surface area contributed by atoms with Gasteiger partial charge in [0.25, 0.3) is 5.69 Å². The second-order valence-electron chi connectivity index (χ2n) is 10.1. The van der Waals surface area contributed by atoms with Crippen molar-refractivity contribution in [1.82, 2.24) is 0 Å². The molecule has 3 aromatic carbocycles. The Bertz CT molecular complexity index is 1510. The summed E-state index contributed by atoms with van der Waals surface area (Å²) in [4.78, 5) is 50.4. The molecule has 3 aromatic rings. The lowest BCUT2D eigenvalue weighted by atomic mass is 9.82. The van der Waals surface area contributed by atoms with Gasteiger partial charge in [-0.05, 0) is 79.3 Å². The first-order valence-electron chi connectivity index (χ1n) is 12.6. The molecule has 1 heterocycles. The van der Waals surface area contributed by atoms with Crippen molar-refractivity contribution in [1.29, 1.82) is 0 Å². The van der Waals surface area contributed by atoms with E-state index in [0.29, 0.717) is 22.7 Å². The Morgan fingerprint density at radius 2 is 1.54 bits per heavy atom. The molecule has 0 aromatic heterocycles. The number of benzene rings is 3. The third kappa shape index (κ3) is 4.35. The summed E-state index contributed by atoms with van der Waals surface area (Å²) in [6.45, 7) is 2.08. The van der Waals surface area contributed by atoms with Gasteiger partial charge in [0.15, 0.2) is 0 Å². The molecule has 39 heavy (non-hydrogen) atoms. The molecule has 1 saturated carbocycles. The van der Waals surface area contributed by atoms with Gasteiger partial charge in [0.2, 0.25) is 11.8 Å². The number of nitro groups is 1. The number of anilines is 1. The lowest BCUT2D eigenvalue weighted by Crippen LogP contribution is -2.32. The summed E-state index contributed by atoms with van der Waals surface area (Å²) in [6, 6.07) is 19.0. The number of rotatable bonds is 7. The molecule has 3 aliphatic rings. The van der Waals surface area contributed by atoms with Gasteiger partial charge in [-0.3, -0.25) is 24.6 Å². The van der Waals surface area contributed by atoms with E-state index >= 15 is 0 Å². The maximum Gasteiger partial charge on any atom is 0.338 e. The van der Waals surface area contributed by atoms with Crippen molar-refractivity contribution in [2.75, 3.05) is 4.90 Å².